The van der Waals surface area contributed by atoms with Crippen molar-refractivity contribution >= 4 is 17.7 Å². The molecule has 1 aliphatic heterocycles. The first-order valence-electron chi connectivity index (χ1n) is 5.09. The lowest BCUT2D eigenvalue weighted by Crippen LogP contribution is -2.38. The van der Waals surface area contributed by atoms with Crippen molar-refractivity contribution < 1.29 is 9.53 Å². The summed E-state index contributed by atoms with van der Waals surface area (Å²) in [7, 11) is 0. The first kappa shape index (κ1) is 11.2. The van der Waals surface area contributed by atoms with E-state index < -0.39 is 0 Å². The molecular weight excluding hydrogens is 228 g/mol. The molecule has 1 unspecified atom stereocenters. The second kappa shape index (κ2) is 4.72. The van der Waals surface area contributed by atoms with E-state index in [2.05, 4.69) is 0 Å². The first-order chi connectivity index (χ1) is 7.72. The van der Waals surface area contributed by atoms with Crippen molar-refractivity contribution in [2.45, 2.75) is 12.6 Å². The van der Waals surface area contributed by atoms with Crippen LogP contribution in [0.3, 0.4) is 0 Å². The molecule has 1 saturated heterocycles. The molecule has 2 rings (SSSR count). The third-order valence-electron chi connectivity index (χ3n) is 2.65. The summed E-state index contributed by atoms with van der Waals surface area (Å²) in [5.74, 6) is 0. The fraction of sp³-hybridized carbons (Fsp3) is 0.364. The van der Waals surface area contributed by atoms with Gasteiger partial charge in [-0.1, -0.05) is 29.8 Å². The summed E-state index contributed by atoms with van der Waals surface area (Å²) in [5, 5.41) is 0.651. The molecule has 16 heavy (non-hydrogen) atoms. The van der Waals surface area contributed by atoms with E-state index in [-0.39, 0.29) is 12.1 Å². The van der Waals surface area contributed by atoms with Gasteiger partial charge in [0, 0.05) is 11.6 Å². The third-order valence-corrected chi connectivity index (χ3v) is 3.01. The van der Waals surface area contributed by atoms with E-state index in [1.54, 1.807) is 11.0 Å². The molecule has 0 aliphatic carbocycles. The van der Waals surface area contributed by atoms with Gasteiger partial charge in [0.15, 0.2) is 0 Å². The van der Waals surface area contributed by atoms with Gasteiger partial charge >= 0.3 is 6.09 Å². The zero-order chi connectivity index (χ0) is 11.5. The second-order valence-corrected chi connectivity index (χ2v) is 4.09. The van der Waals surface area contributed by atoms with Crippen molar-refractivity contribution in [1.82, 2.24) is 4.90 Å². The fourth-order valence-electron chi connectivity index (χ4n) is 1.69. The predicted molar refractivity (Wildman–Crippen MR) is 61.2 cm³/mol. The van der Waals surface area contributed by atoms with Crippen LogP contribution < -0.4 is 5.73 Å². The van der Waals surface area contributed by atoms with Gasteiger partial charge in [-0.05, 0) is 11.6 Å². The Labute approximate surface area is 98.9 Å². The number of benzene rings is 1. The van der Waals surface area contributed by atoms with Crippen LogP contribution in [0.15, 0.2) is 24.3 Å². The summed E-state index contributed by atoms with van der Waals surface area (Å²) in [5.41, 5.74) is 6.48. The zero-order valence-corrected chi connectivity index (χ0v) is 9.48. The SMILES string of the molecule is NCC1COC(=O)N1Cc1ccccc1Cl. The van der Waals surface area contributed by atoms with Gasteiger partial charge in [-0.15, -0.1) is 0 Å². The minimum absolute atomic E-state index is 0.0521. The lowest BCUT2D eigenvalue weighted by Gasteiger charge is -2.20. The summed E-state index contributed by atoms with van der Waals surface area (Å²) in [6.45, 7) is 1.20. The number of carbonyl (C=O) groups is 1. The van der Waals surface area contributed by atoms with E-state index in [9.17, 15) is 4.79 Å². The van der Waals surface area contributed by atoms with Crippen LogP contribution in [0.1, 0.15) is 5.56 Å². The smallest absolute Gasteiger partial charge is 0.410 e. The second-order valence-electron chi connectivity index (χ2n) is 3.69. The van der Waals surface area contributed by atoms with Crippen LogP contribution >= 0.6 is 11.6 Å². The summed E-state index contributed by atoms with van der Waals surface area (Å²) < 4.78 is 4.94. The summed E-state index contributed by atoms with van der Waals surface area (Å²) in [4.78, 5) is 13.1. The number of ether oxygens (including phenoxy) is 1. The molecule has 1 fully saturated rings. The van der Waals surface area contributed by atoms with Gasteiger partial charge in [-0.3, -0.25) is 4.90 Å². The minimum atomic E-state index is -0.324. The van der Waals surface area contributed by atoms with E-state index in [1.807, 2.05) is 18.2 Å². The highest BCUT2D eigenvalue weighted by molar-refractivity contribution is 6.31. The molecular formula is C11H13ClN2O2. The largest absolute Gasteiger partial charge is 0.447 e. The van der Waals surface area contributed by atoms with Gasteiger partial charge in [0.2, 0.25) is 0 Å². The van der Waals surface area contributed by atoms with E-state index in [1.165, 1.54) is 0 Å². The Balaban J connectivity index is 2.14. The molecule has 1 heterocycles. The Morgan fingerprint density at radius 2 is 2.25 bits per heavy atom. The standard InChI is InChI=1S/C11H13ClN2O2/c12-10-4-2-1-3-8(10)6-14-9(5-13)7-16-11(14)15/h1-4,9H,5-7,13H2. The van der Waals surface area contributed by atoms with Gasteiger partial charge in [0.1, 0.15) is 6.61 Å². The average molecular weight is 241 g/mol. The maximum absolute atomic E-state index is 11.5. The van der Waals surface area contributed by atoms with Gasteiger partial charge in [0.05, 0.1) is 12.6 Å². The van der Waals surface area contributed by atoms with E-state index in [0.717, 1.165) is 5.56 Å². The third kappa shape index (κ3) is 2.13. The number of cyclic esters (lactones) is 1. The molecule has 2 N–H and O–H groups in total. The molecule has 0 saturated carbocycles. The molecule has 5 heteroatoms. The van der Waals surface area contributed by atoms with Crippen molar-refractivity contribution in [3.63, 3.8) is 0 Å². The molecule has 4 nitrogen and oxygen atoms in total. The highest BCUT2D eigenvalue weighted by Gasteiger charge is 2.31. The number of carbonyl (C=O) groups excluding carboxylic acids is 1. The molecule has 0 bridgehead atoms. The van der Waals surface area contributed by atoms with E-state index in [4.69, 9.17) is 22.1 Å². The normalized spacial score (nSPS) is 20.0. The predicted octanol–water partition coefficient (Wildman–Crippen LogP) is 1.62. The van der Waals surface area contributed by atoms with Crippen molar-refractivity contribution in [2.75, 3.05) is 13.2 Å². The van der Waals surface area contributed by atoms with Gasteiger partial charge < -0.3 is 10.5 Å². The molecule has 86 valence electrons. The monoisotopic (exact) mass is 240 g/mol. The molecule has 0 radical (unpaired) electrons. The number of hydrogen-bond acceptors (Lipinski definition) is 3. The first-order valence-corrected chi connectivity index (χ1v) is 5.47. The quantitative estimate of drug-likeness (QED) is 0.874. The minimum Gasteiger partial charge on any atom is -0.447 e. The van der Waals surface area contributed by atoms with Crippen LogP contribution in [0.25, 0.3) is 0 Å². The topological polar surface area (TPSA) is 55.6 Å². The fourth-order valence-corrected chi connectivity index (χ4v) is 1.88. The Bertz CT molecular complexity index is 397. The highest BCUT2D eigenvalue weighted by atomic mass is 35.5. The Morgan fingerprint density at radius 1 is 1.50 bits per heavy atom. The molecule has 1 aromatic carbocycles. The lowest BCUT2D eigenvalue weighted by atomic mass is 10.2. The molecule has 1 atom stereocenters. The van der Waals surface area contributed by atoms with Crippen molar-refractivity contribution in [3.8, 4) is 0 Å². The van der Waals surface area contributed by atoms with Crippen LogP contribution in [0.5, 0.6) is 0 Å². The summed E-state index contributed by atoms with van der Waals surface area (Å²) in [6.07, 6.45) is -0.324. The molecule has 1 aromatic rings. The van der Waals surface area contributed by atoms with Gasteiger partial charge in [-0.25, -0.2) is 4.79 Å². The number of hydrogen-bond donors (Lipinski definition) is 1. The maximum Gasteiger partial charge on any atom is 0.410 e. The lowest BCUT2D eigenvalue weighted by molar-refractivity contribution is 0.156. The van der Waals surface area contributed by atoms with E-state index >= 15 is 0 Å². The van der Waals surface area contributed by atoms with E-state index in [0.29, 0.717) is 24.7 Å². The Hall–Kier alpha value is -1.26. The maximum atomic E-state index is 11.5. The van der Waals surface area contributed by atoms with Crippen LogP contribution in [0.4, 0.5) is 4.79 Å². The highest BCUT2D eigenvalue weighted by Crippen LogP contribution is 2.21. The molecule has 0 spiro atoms. The zero-order valence-electron chi connectivity index (χ0n) is 8.73. The van der Waals surface area contributed by atoms with Crippen molar-refractivity contribution in [3.05, 3.63) is 34.9 Å². The van der Waals surface area contributed by atoms with Crippen LogP contribution in [-0.2, 0) is 11.3 Å². The van der Waals surface area contributed by atoms with Crippen LogP contribution in [-0.4, -0.2) is 30.2 Å². The van der Waals surface area contributed by atoms with Crippen molar-refractivity contribution in [2.24, 2.45) is 5.73 Å². The van der Waals surface area contributed by atoms with Crippen LogP contribution in [0.2, 0.25) is 5.02 Å². The average Bonchev–Trinajstić information content (AvgIpc) is 2.63. The molecule has 0 aromatic heterocycles. The number of nitrogens with two attached hydrogens (primary N) is 1. The molecule has 1 aliphatic rings. The number of nitrogens with zero attached hydrogens (tertiary/aromatic N) is 1. The Kier molecular flexibility index (Phi) is 3.31. The van der Waals surface area contributed by atoms with Gasteiger partial charge in [0.25, 0.3) is 0 Å². The number of halogens is 1. The van der Waals surface area contributed by atoms with Gasteiger partial charge in [-0.2, -0.15) is 0 Å². The summed E-state index contributed by atoms with van der Waals surface area (Å²) >= 11 is 6.03. The Morgan fingerprint density at radius 3 is 2.94 bits per heavy atom. The number of amides is 1. The molecule has 1 amide bonds. The number of rotatable bonds is 3. The van der Waals surface area contributed by atoms with Crippen molar-refractivity contribution in [1.29, 1.82) is 0 Å². The summed E-state index contributed by atoms with van der Waals surface area (Å²) in [6, 6.07) is 7.38. The van der Waals surface area contributed by atoms with Crippen LogP contribution in [0, 0.1) is 0 Å².